The predicted octanol–water partition coefficient (Wildman–Crippen LogP) is 7.70. The van der Waals surface area contributed by atoms with Gasteiger partial charge in [0.25, 0.3) is 0 Å². The fourth-order valence-electron chi connectivity index (χ4n) is 8.47. The van der Waals surface area contributed by atoms with Gasteiger partial charge in [-0.25, -0.2) is 19.9 Å². The van der Waals surface area contributed by atoms with Crippen molar-refractivity contribution in [3.05, 3.63) is 61.5 Å². The molecule has 2 saturated heterocycles. The first-order valence-electron chi connectivity index (χ1n) is 19.4. The number of carbonyl (C=O) groups is 2. The van der Waals surface area contributed by atoms with E-state index < -0.39 is 5.24 Å². The van der Waals surface area contributed by atoms with Crippen molar-refractivity contribution in [1.29, 1.82) is 0 Å². The number of fused-ring (bicyclic) bond motifs is 2. The van der Waals surface area contributed by atoms with Gasteiger partial charge in [0.05, 0.1) is 10.8 Å². The number of rotatable bonds is 8. The number of nitrogens with zero attached hydrogens (tertiary/aromatic N) is 5. The Kier molecular flexibility index (Phi) is 13.2. The smallest absolute Gasteiger partial charge is 0.246 e. The normalized spacial score (nSPS) is 23.5. The lowest BCUT2D eigenvalue weighted by atomic mass is 9.97. The number of amides is 1. The topological polar surface area (TPSA) is 157 Å². The molecule has 2 aliphatic heterocycles. The Morgan fingerprint density at radius 1 is 0.755 bits per heavy atom. The van der Waals surface area contributed by atoms with Crippen molar-refractivity contribution >= 4 is 56.5 Å². The molecule has 53 heavy (non-hydrogen) atoms. The Labute approximate surface area is 317 Å². The van der Waals surface area contributed by atoms with Gasteiger partial charge in [-0.3, -0.25) is 9.59 Å². The highest BCUT2D eigenvalue weighted by atomic mass is 35.5. The van der Waals surface area contributed by atoms with Crippen molar-refractivity contribution in [1.82, 2.24) is 40.1 Å². The number of H-pyrrole nitrogens is 2. The third-order valence-corrected chi connectivity index (χ3v) is 11.6. The largest absolute Gasteiger partial charge is 0.365 e. The van der Waals surface area contributed by atoms with E-state index in [1.165, 1.54) is 86.8 Å². The maximum Gasteiger partial charge on any atom is 0.246 e. The molecule has 4 atom stereocenters. The SMILES string of the molecule is C=CC(=O)Cl.C=CC(=O)N1C[C@H](Nc2ncnc3[nH]cc(C4CCCC4)c23)CC[C@@H]1C.C[C@H]1CC[C@@H](Nc2ncnc3[nH]cc(C4CCCC4)c23)CN1. The molecule has 4 aromatic heterocycles. The van der Waals surface area contributed by atoms with Gasteiger partial charge < -0.3 is 30.8 Å². The van der Waals surface area contributed by atoms with Crippen LogP contribution < -0.4 is 16.0 Å². The zero-order chi connectivity index (χ0) is 37.3. The van der Waals surface area contributed by atoms with Crippen LogP contribution in [0.15, 0.2) is 50.4 Å². The fraction of sp³-hybridized carbons (Fsp3) is 0.550. The second-order valence-corrected chi connectivity index (χ2v) is 15.4. The Bertz CT molecular complexity index is 1850. The molecule has 0 unspecified atom stereocenters. The highest BCUT2D eigenvalue weighted by Gasteiger charge is 2.30. The summed E-state index contributed by atoms with van der Waals surface area (Å²) in [5.41, 5.74) is 4.61. The van der Waals surface area contributed by atoms with Crippen molar-refractivity contribution in [3.8, 4) is 0 Å². The summed E-state index contributed by atoms with van der Waals surface area (Å²) in [7, 11) is 0. The molecule has 0 bridgehead atoms. The molecule has 0 aromatic carbocycles. The molecule has 6 heterocycles. The summed E-state index contributed by atoms with van der Waals surface area (Å²) in [5, 5.41) is 12.6. The van der Waals surface area contributed by atoms with E-state index in [0.717, 1.165) is 53.8 Å². The maximum absolute atomic E-state index is 12.1. The zero-order valence-electron chi connectivity index (χ0n) is 31.2. The summed E-state index contributed by atoms with van der Waals surface area (Å²) in [6, 6.07) is 1.54. The molecule has 1 amide bonds. The van der Waals surface area contributed by atoms with E-state index in [0.29, 0.717) is 30.5 Å². The summed E-state index contributed by atoms with van der Waals surface area (Å²) in [6.07, 6.45) is 24.8. The number of piperidine rings is 2. The minimum absolute atomic E-state index is 0.00474. The van der Waals surface area contributed by atoms with Gasteiger partial charge >= 0.3 is 0 Å². The first-order chi connectivity index (χ1) is 25.7. The molecular formula is C40H55ClN10O2. The van der Waals surface area contributed by atoms with Gasteiger partial charge in [-0.1, -0.05) is 38.8 Å². The standard InChI is InChI=1S/C20H27N5O.C17H25N5.C3H3ClO/c1-3-17(26)25-11-15(9-8-13(25)2)24-20-18-16(14-6-4-5-7-14)10-21-19(18)22-12-23-20;1-11-6-7-13(8-18-11)22-17-15-14(12-4-2-3-5-12)9-19-16(15)20-10-21-17;1-2-3(4)5/h3,10,12-15H,1,4-9,11H2,2H3,(H2,21,22,23,24);9-13,18H,2-8H2,1H3,(H2,19,20,21,22);2H,1H2/t13-,15+;11-,13+;/m00./s1. The number of likely N-dealkylation sites (tertiary alicyclic amines) is 1. The first-order valence-corrected chi connectivity index (χ1v) is 19.8. The number of hydrogen-bond donors (Lipinski definition) is 5. The van der Waals surface area contributed by atoms with Crippen LogP contribution in [-0.2, 0) is 9.59 Å². The van der Waals surface area contributed by atoms with E-state index in [4.69, 9.17) is 11.6 Å². The molecule has 8 rings (SSSR count). The van der Waals surface area contributed by atoms with Crippen molar-refractivity contribution in [2.24, 2.45) is 0 Å². The Hall–Kier alpha value is -4.29. The van der Waals surface area contributed by atoms with Crippen LogP contribution in [0.3, 0.4) is 0 Å². The number of carbonyl (C=O) groups excluding carboxylic acids is 2. The number of anilines is 2. The summed E-state index contributed by atoms with van der Waals surface area (Å²) >= 11 is 4.71. The highest BCUT2D eigenvalue weighted by Crippen LogP contribution is 2.40. The van der Waals surface area contributed by atoms with Gasteiger partial charge in [0.2, 0.25) is 11.1 Å². The Morgan fingerprint density at radius 3 is 1.74 bits per heavy atom. The molecule has 2 saturated carbocycles. The Morgan fingerprint density at radius 2 is 1.26 bits per heavy atom. The van der Waals surface area contributed by atoms with Crippen LogP contribution in [0, 0.1) is 0 Å². The highest BCUT2D eigenvalue weighted by molar-refractivity contribution is 6.66. The first kappa shape index (κ1) is 38.4. The lowest BCUT2D eigenvalue weighted by Gasteiger charge is -2.38. The van der Waals surface area contributed by atoms with Crippen molar-refractivity contribution in [2.45, 2.75) is 127 Å². The third-order valence-electron chi connectivity index (χ3n) is 11.4. The van der Waals surface area contributed by atoms with E-state index in [1.54, 1.807) is 12.7 Å². The molecule has 0 spiro atoms. The molecule has 5 N–H and O–H groups in total. The van der Waals surface area contributed by atoms with Gasteiger partial charge in [-0.15, -0.1) is 0 Å². The third kappa shape index (κ3) is 9.45. The average molecular weight is 743 g/mol. The summed E-state index contributed by atoms with van der Waals surface area (Å²) in [5.74, 6) is 3.17. The fourth-order valence-corrected chi connectivity index (χ4v) is 8.47. The van der Waals surface area contributed by atoms with Crippen LogP contribution in [0.2, 0.25) is 0 Å². The number of halogens is 1. The summed E-state index contributed by atoms with van der Waals surface area (Å²) in [6.45, 7) is 12.8. The molecule has 12 nitrogen and oxygen atoms in total. The average Bonchev–Trinajstić information content (AvgIpc) is 4.01. The van der Waals surface area contributed by atoms with Crippen molar-refractivity contribution < 1.29 is 9.59 Å². The molecule has 284 valence electrons. The lowest BCUT2D eigenvalue weighted by Crippen LogP contribution is -2.49. The van der Waals surface area contributed by atoms with Gasteiger partial charge in [0, 0.05) is 49.7 Å². The van der Waals surface area contributed by atoms with Gasteiger partial charge in [0.15, 0.2) is 0 Å². The van der Waals surface area contributed by atoms with Gasteiger partial charge in [-0.05, 0) is 112 Å². The van der Waals surface area contributed by atoms with Gasteiger partial charge in [0.1, 0.15) is 35.6 Å². The predicted molar refractivity (Wildman–Crippen MR) is 213 cm³/mol. The molecular weight excluding hydrogens is 688 g/mol. The second kappa shape index (κ2) is 18.2. The second-order valence-electron chi connectivity index (χ2n) is 15.0. The summed E-state index contributed by atoms with van der Waals surface area (Å²) in [4.78, 5) is 48.1. The Balaban J connectivity index is 0.000000163. The van der Waals surface area contributed by atoms with Crippen LogP contribution in [0.1, 0.15) is 114 Å². The minimum atomic E-state index is -0.509. The van der Waals surface area contributed by atoms with Crippen LogP contribution in [-0.4, -0.2) is 83.2 Å². The van der Waals surface area contributed by atoms with Crippen LogP contribution in [0.4, 0.5) is 11.6 Å². The van der Waals surface area contributed by atoms with Crippen LogP contribution in [0.25, 0.3) is 22.1 Å². The van der Waals surface area contributed by atoms with Crippen LogP contribution >= 0.6 is 11.6 Å². The molecule has 2 aliphatic carbocycles. The number of aromatic amines is 2. The van der Waals surface area contributed by atoms with E-state index in [1.807, 2.05) is 4.90 Å². The van der Waals surface area contributed by atoms with Crippen molar-refractivity contribution in [2.75, 3.05) is 23.7 Å². The number of allylic oxidation sites excluding steroid dienone is 1. The van der Waals surface area contributed by atoms with Gasteiger partial charge in [-0.2, -0.15) is 0 Å². The molecule has 13 heteroatoms. The summed E-state index contributed by atoms with van der Waals surface area (Å²) < 4.78 is 0. The monoisotopic (exact) mass is 742 g/mol. The van der Waals surface area contributed by atoms with Crippen molar-refractivity contribution in [3.63, 3.8) is 0 Å². The maximum atomic E-state index is 12.1. The van der Waals surface area contributed by atoms with Crippen LogP contribution in [0.5, 0.6) is 0 Å². The zero-order valence-corrected chi connectivity index (χ0v) is 31.9. The number of aromatic nitrogens is 6. The van der Waals surface area contributed by atoms with E-state index in [-0.39, 0.29) is 18.0 Å². The van der Waals surface area contributed by atoms with E-state index in [2.05, 4.69) is 85.3 Å². The molecule has 0 radical (unpaired) electrons. The number of nitrogens with one attached hydrogen (secondary N) is 5. The minimum Gasteiger partial charge on any atom is -0.365 e. The van der Waals surface area contributed by atoms with E-state index in [9.17, 15) is 9.59 Å². The quantitative estimate of drug-likeness (QED) is 0.0902. The van der Waals surface area contributed by atoms with E-state index >= 15 is 0 Å². The molecule has 4 aromatic rings. The lowest BCUT2D eigenvalue weighted by molar-refractivity contribution is -0.129. The number of hydrogen-bond acceptors (Lipinski definition) is 9. The molecule has 4 aliphatic rings. The molecule has 4 fully saturated rings.